The van der Waals surface area contributed by atoms with Gasteiger partial charge in [0.25, 0.3) is 0 Å². The molecule has 0 saturated carbocycles. The number of halogens is 2. The summed E-state index contributed by atoms with van der Waals surface area (Å²) in [5, 5.41) is 4.65. The Bertz CT molecular complexity index is 594. The molecule has 0 aliphatic carbocycles. The van der Waals surface area contributed by atoms with E-state index in [0.29, 0.717) is 0 Å². The van der Waals surface area contributed by atoms with E-state index in [4.69, 9.17) is 4.98 Å². The van der Waals surface area contributed by atoms with E-state index >= 15 is 0 Å². The molecule has 0 amide bonds. The van der Waals surface area contributed by atoms with Gasteiger partial charge in [0.05, 0.1) is 5.52 Å². The number of benzene rings is 1. The van der Waals surface area contributed by atoms with Gasteiger partial charge in [-0.25, -0.2) is 0 Å². The fourth-order valence-corrected chi connectivity index (χ4v) is 3.20. The van der Waals surface area contributed by atoms with Crippen LogP contribution in [0.3, 0.4) is 0 Å². The molecule has 4 heteroatoms. The van der Waals surface area contributed by atoms with Crippen molar-refractivity contribution < 1.29 is 0 Å². The molecule has 0 bridgehead atoms. The Morgan fingerprint density at radius 3 is 2.44 bits per heavy atom. The maximum Gasteiger partial charge on any atom is 0.0879 e. The van der Waals surface area contributed by atoms with Crippen LogP contribution in [0.15, 0.2) is 21.1 Å². The molecule has 1 aromatic heterocycles. The van der Waals surface area contributed by atoms with Gasteiger partial charge in [-0.15, -0.1) is 0 Å². The van der Waals surface area contributed by atoms with E-state index in [2.05, 4.69) is 64.0 Å². The van der Waals surface area contributed by atoms with Crippen molar-refractivity contribution >= 4 is 48.5 Å². The van der Waals surface area contributed by atoms with Gasteiger partial charge in [-0.05, 0) is 53.9 Å². The second-order valence-corrected chi connectivity index (χ2v) is 5.90. The lowest BCUT2D eigenvalue weighted by molar-refractivity contribution is 1.05. The molecule has 2 nitrogen and oxygen atoms in total. The molecule has 2 rings (SSSR count). The van der Waals surface area contributed by atoms with Gasteiger partial charge in [-0.2, -0.15) is 0 Å². The van der Waals surface area contributed by atoms with Crippen molar-refractivity contribution in [2.24, 2.45) is 0 Å². The van der Waals surface area contributed by atoms with Crippen LogP contribution in [0, 0.1) is 6.92 Å². The first-order valence-electron chi connectivity index (χ1n) is 6.11. The average molecular weight is 372 g/mol. The molecule has 0 aliphatic rings. The smallest absolute Gasteiger partial charge is 0.0879 e. The number of nitrogens with one attached hydrogen (secondary N) is 1. The van der Waals surface area contributed by atoms with Crippen LogP contribution in [0.2, 0.25) is 0 Å². The van der Waals surface area contributed by atoms with Crippen LogP contribution in [0.25, 0.3) is 10.9 Å². The number of fused-ring (bicyclic) bond motifs is 1. The Hall–Kier alpha value is -0.610. The summed E-state index contributed by atoms with van der Waals surface area (Å²) in [6, 6.07) is 4.09. The fraction of sp³-hybridized carbons (Fsp3) is 0.357. The molecule has 0 unspecified atom stereocenters. The second kappa shape index (κ2) is 5.57. The Balaban J connectivity index is 2.91. The molecule has 1 aromatic carbocycles. The van der Waals surface area contributed by atoms with Crippen molar-refractivity contribution in [3.05, 3.63) is 32.3 Å². The zero-order valence-corrected chi connectivity index (χ0v) is 13.9. The van der Waals surface area contributed by atoms with Gasteiger partial charge >= 0.3 is 0 Å². The highest BCUT2D eigenvalue weighted by atomic mass is 79.9. The molecule has 0 spiro atoms. The number of rotatable bonds is 3. The molecule has 2 aromatic rings. The summed E-state index contributed by atoms with van der Waals surface area (Å²) >= 11 is 7.22. The maximum absolute atomic E-state index is 4.73. The molecular formula is C14H16Br2N2. The van der Waals surface area contributed by atoms with Crippen LogP contribution >= 0.6 is 31.9 Å². The van der Waals surface area contributed by atoms with Crippen LogP contribution < -0.4 is 5.32 Å². The Labute approximate surface area is 124 Å². The zero-order chi connectivity index (χ0) is 13.3. The second-order valence-electron chi connectivity index (χ2n) is 4.19. The van der Waals surface area contributed by atoms with Gasteiger partial charge in [-0.1, -0.05) is 22.9 Å². The standard InChI is InChI=1S/C14H16Br2N2/c1-4-9-8(3)18-14-11(16)7-6-10(15)12(14)13(9)17-5-2/h6-7H,4-5H2,1-3H3,(H,17,18). The fourth-order valence-electron chi connectivity index (χ4n) is 2.26. The summed E-state index contributed by atoms with van der Waals surface area (Å²) < 4.78 is 2.12. The molecule has 0 aliphatic heterocycles. The molecule has 1 heterocycles. The van der Waals surface area contributed by atoms with Crippen molar-refractivity contribution in [3.63, 3.8) is 0 Å². The van der Waals surface area contributed by atoms with Gasteiger partial charge < -0.3 is 5.32 Å². The summed E-state index contributed by atoms with van der Waals surface area (Å²) in [6.45, 7) is 7.27. The van der Waals surface area contributed by atoms with E-state index in [9.17, 15) is 0 Å². The normalized spacial score (nSPS) is 10.9. The van der Waals surface area contributed by atoms with Crippen molar-refractivity contribution in [2.75, 3.05) is 11.9 Å². The van der Waals surface area contributed by atoms with Crippen LogP contribution in [-0.2, 0) is 6.42 Å². The highest BCUT2D eigenvalue weighted by Gasteiger charge is 2.15. The first-order valence-corrected chi connectivity index (χ1v) is 7.69. The van der Waals surface area contributed by atoms with Crippen molar-refractivity contribution in [1.29, 1.82) is 0 Å². The summed E-state index contributed by atoms with van der Waals surface area (Å²) in [5.74, 6) is 0. The molecular weight excluding hydrogens is 356 g/mol. The lowest BCUT2D eigenvalue weighted by atomic mass is 10.0. The van der Waals surface area contributed by atoms with Crippen molar-refractivity contribution in [3.8, 4) is 0 Å². The predicted molar refractivity (Wildman–Crippen MR) is 85.4 cm³/mol. The van der Waals surface area contributed by atoms with E-state index < -0.39 is 0 Å². The van der Waals surface area contributed by atoms with Gasteiger partial charge in [0, 0.05) is 32.3 Å². The number of hydrogen-bond donors (Lipinski definition) is 1. The summed E-state index contributed by atoms with van der Waals surface area (Å²) in [7, 11) is 0. The van der Waals surface area contributed by atoms with E-state index in [1.54, 1.807) is 0 Å². The van der Waals surface area contributed by atoms with E-state index in [-0.39, 0.29) is 0 Å². The molecule has 0 radical (unpaired) electrons. The van der Waals surface area contributed by atoms with E-state index in [1.165, 1.54) is 11.3 Å². The third-order valence-corrected chi connectivity index (χ3v) is 4.35. The monoisotopic (exact) mass is 370 g/mol. The van der Waals surface area contributed by atoms with E-state index in [1.807, 2.05) is 6.07 Å². The van der Waals surface area contributed by atoms with Crippen LogP contribution in [-0.4, -0.2) is 11.5 Å². The SMILES string of the molecule is CCNc1c(CC)c(C)nc2c(Br)ccc(Br)c12. The predicted octanol–water partition coefficient (Wildman–Crippen LogP) is 5.06. The first-order chi connectivity index (χ1) is 8.60. The number of pyridine rings is 1. The first kappa shape index (κ1) is 13.8. The third-order valence-electron chi connectivity index (χ3n) is 3.05. The number of anilines is 1. The van der Waals surface area contributed by atoms with Crippen LogP contribution in [0.1, 0.15) is 25.1 Å². The highest BCUT2D eigenvalue weighted by Crippen LogP contribution is 2.37. The number of hydrogen-bond acceptors (Lipinski definition) is 2. The summed E-state index contributed by atoms with van der Waals surface area (Å²) in [6.07, 6.45) is 0.982. The topological polar surface area (TPSA) is 24.9 Å². The Morgan fingerprint density at radius 2 is 1.83 bits per heavy atom. The quantitative estimate of drug-likeness (QED) is 0.815. The maximum atomic E-state index is 4.73. The van der Waals surface area contributed by atoms with Gasteiger partial charge in [0.1, 0.15) is 0 Å². The largest absolute Gasteiger partial charge is 0.384 e. The molecule has 0 saturated heterocycles. The Kier molecular flexibility index (Phi) is 4.28. The van der Waals surface area contributed by atoms with Gasteiger partial charge in [0.2, 0.25) is 0 Å². The molecule has 0 atom stereocenters. The van der Waals surface area contributed by atoms with Crippen LogP contribution in [0.4, 0.5) is 5.69 Å². The van der Waals surface area contributed by atoms with Crippen LogP contribution in [0.5, 0.6) is 0 Å². The highest BCUT2D eigenvalue weighted by molar-refractivity contribution is 9.11. The van der Waals surface area contributed by atoms with E-state index in [0.717, 1.165) is 38.5 Å². The van der Waals surface area contributed by atoms with Gasteiger partial charge in [0.15, 0.2) is 0 Å². The lowest BCUT2D eigenvalue weighted by Crippen LogP contribution is -2.05. The Morgan fingerprint density at radius 1 is 1.17 bits per heavy atom. The minimum atomic E-state index is 0.907. The molecule has 0 fully saturated rings. The molecule has 96 valence electrons. The summed E-state index contributed by atoms with van der Waals surface area (Å²) in [4.78, 5) is 4.73. The minimum absolute atomic E-state index is 0.907. The summed E-state index contributed by atoms with van der Waals surface area (Å²) in [5.41, 5.74) is 4.61. The lowest BCUT2D eigenvalue weighted by Gasteiger charge is -2.17. The molecule has 1 N–H and O–H groups in total. The zero-order valence-electron chi connectivity index (χ0n) is 10.8. The number of aromatic nitrogens is 1. The van der Waals surface area contributed by atoms with Gasteiger partial charge in [-0.3, -0.25) is 4.98 Å². The van der Waals surface area contributed by atoms with Crippen molar-refractivity contribution in [1.82, 2.24) is 4.98 Å². The average Bonchev–Trinajstić information content (AvgIpc) is 2.34. The number of aryl methyl sites for hydroxylation is 1. The number of nitrogens with zero attached hydrogens (tertiary/aromatic N) is 1. The third kappa shape index (κ3) is 2.28. The van der Waals surface area contributed by atoms with Crippen molar-refractivity contribution in [2.45, 2.75) is 27.2 Å². The molecule has 18 heavy (non-hydrogen) atoms. The minimum Gasteiger partial charge on any atom is -0.384 e.